The fourth-order valence-corrected chi connectivity index (χ4v) is 1.81. The number of rotatable bonds is 7. The van der Waals surface area contributed by atoms with Crippen LogP contribution in [0.25, 0.3) is 0 Å². The van der Waals surface area contributed by atoms with Crippen LogP contribution < -0.4 is 5.73 Å². The molecule has 0 bridgehead atoms. The molecule has 0 aliphatic heterocycles. The normalized spacial score (nSPS) is 13.6. The van der Waals surface area contributed by atoms with Crippen LogP contribution >= 0.6 is 12.2 Å². The molecule has 0 saturated carbocycles. The lowest BCUT2D eigenvalue weighted by molar-refractivity contribution is 0.214. The van der Waals surface area contributed by atoms with E-state index < -0.39 is 0 Å². The van der Waals surface area contributed by atoms with Crippen LogP contribution in [0.4, 0.5) is 0 Å². The van der Waals surface area contributed by atoms with Crippen LogP contribution in [0.1, 0.15) is 40.5 Å². The van der Waals surface area contributed by atoms with E-state index in [9.17, 15) is 0 Å². The lowest BCUT2D eigenvalue weighted by Gasteiger charge is -2.28. The molecule has 0 aromatic carbocycles. The Morgan fingerprint density at radius 3 is 2.29 bits per heavy atom. The summed E-state index contributed by atoms with van der Waals surface area (Å²) in [7, 11) is 0. The Morgan fingerprint density at radius 1 is 1.36 bits per heavy atom. The van der Waals surface area contributed by atoms with Gasteiger partial charge >= 0.3 is 0 Å². The zero-order valence-electron chi connectivity index (χ0n) is 9.92. The molecule has 0 amide bonds. The van der Waals surface area contributed by atoms with E-state index in [0.29, 0.717) is 11.0 Å². The van der Waals surface area contributed by atoms with E-state index in [-0.39, 0.29) is 0 Å². The predicted octanol–water partition coefficient (Wildman–Crippen LogP) is 2.42. The summed E-state index contributed by atoms with van der Waals surface area (Å²) in [5, 5.41) is 0. The van der Waals surface area contributed by atoms with E-state index in [1.165, 1.54) is 12.8 Å². The molecule has 3 heteroatoms. The molecule has 1 unspecified atom stereocenters. The summed E-state index contributed by atoms with van der Waals surface area (Å²) in [6.45, 7) is 10.8. The Balaban J connectivity index is 4.02. The van der Waals surface area contributed by atoms with Crippen LogP contribution in [0.5, 0.6) is 0 Å². The molecule has 14 heavy (non-hydrogen) atoms. The number of nitrogens with two attached hydrogens (primary N) is 1. The fraction of sp³-hybridized carbons (Fsp3) is 0.909. The maximum Gasteiger partial charge on any atom is 0.0870 e. The van der Waals surface area contributed by atoms with Gasteiger partial charge in [-0.25, -0.2) is 0 Å². The van der Waals surface area contributed by atoms with Gasteiger partial charge in [0.15, 0.2) is 0 Å². The molecule has 84 valence electrons. The molecule has 0 aliphatic rings. The van der Waals surface area contributed by atoms with E-state index in [1.54, 1.807) is 0 Å². The van der Waals surface area contributed by atoms with E-state index in [4.69, 9.17) is 18.0 Å². The minimum Gasteiger partial charge on any atom is -0.392 e. The second-order valence-corrected chi connectivity index (χ2v) is 4.91. The van der Waals surface area contributed by atoms with Crippen molar-refractivity contribution in [2.45, 2.75) is 46.6 Å². The zero-order chi connectivity index (χ0) is 11.1. The highest BCUT2D eigenvalue weighted by Crippen LogP contribution is 2.09. The maximum absolute atomic E-state index is 5.57. The van der Waals surface area contributed by atoms with E-state index in [1.807, 2.05) is 0 Å². The monoisotopic (exact) mass is 216 g/mol. The van der Waals surface area contributed by atoms with Gasteiger partial charge in [-0.15, -0.1) is 0 Å². The van der Waals surface area contributed by atoms with Crippen molar-refractivity contribution in [3.63, 3.8) is 0 Å². The summed E-state index contributed by atoms with van der Waals surface area (Å²) in [6, 6.07) is 0.524. The lowest BCUT2D eigenvalue weighted by atomic mass is 10.1. The summed E-state index contributed by atoms with van der Waals surface area (Å²) in [5.41, 5.74) is 5.57. The van der Waals surface area contributed by atoms with Gasteiger partial charge in [-0.3, -0.25) is 4.90 Å². The Kier molecular flexibility index (Phi) is 7.11. The SMILES string of the molecule is CCCC(C)CN(CC(N)=S)C(C)C. The van der Waals surface area contributed by atoms with Crippen molar-refractivity contribution in [3.8, 4) is 0 Å². The molecule has 0 aromatic heterocycles. The van der Waals surface area contributed by atoms with Crippen LogP contribution in [0.15, 0.2) is 0 Å². The van der Waals surface area contributed by atoms with Gasteiger partial charge in [-0.05, 0) is 26.2 Å². The second kappa shape index (κ2) is 7.18. The Labute approximate surface area is 93.8 Å². The minimum absolute atomic E-state index is 0.524. The topological polar surface area (TPSA) is 29.3 Å². The third-order valence-electron chi connectivity index (χ3n) is 2.42. The van der Waals surface area contributed by atoms with Crippen molar-refractivity contribution >= 4 is 17.2 Å². The molecule has 0 fully saturated rings. The van der Waals surface area contributed by atoms with Crippen molar-refractivity contribution < 1.29 is 0 Å². The third-order valence-corrected chi connectivity index (χ3v) is 2.55. The summed E-state index contributed by atoms with van der Waals surface area (Å²) >= 11 is 4.94. The van der Waals surface area contributed by atoms with Crippen molar-refractivity contribution in [2.24, 2.45) is 11.7 Å². The highest BCUT2D eigenvalue weighted by Gasteiger charge is 2.13. The molecule has 1 atom stereocenters. The summed E-state index contributed by atoms with van der Waals surface area (Å²) in [5.74, 6) is 0.733. The maximum atomic E-state index is 5.57. The van der Waals surface area contributed by atoms with Gasteiger partial charge in [-0.2, -0.15) is 0 Å². The van der Waals surface area contributed by atoms with Gasteiger partial charge < -0.3 is 5.73 Å². The Bertz CT molecular complexity index is 169. The predicted molar refractivity (Wildman–Crippen MR) is 67.6 cm³/mol. The Hall–Kier alpha value is -0.150. The van der Waals surface area contributed by atoms with Gasteiger partial charge in [0.2, 0.25) is 0 Å². The van der Waals surface area contributed by atoms with Crippen LogP contribution in [-0.4, -0.2) is 29.0 Å². The number of nitrogens with zero attached hydrogens (tertiary/aromatic N) is 1. The smallest absolute Gasteiger partial charge is 0.0870 e. The van der Waals surface area contributed by atoms with Crippen molar-refractivity contribution in [3.05, 3.63) is 0 Å². The molecule has 2 N–H and O–H groups in total. The largest absolute Gasteiger partial charge is 0.392 e. The molecular formula is C11H24N2S. The second-order valence-electron chi connectivity index (χ2n) is 4.38. The van der Waals surface area contributed by atoms with E-state index >= 15 is 0 Å². The highest BCUT2D eigenvalue weighted by molar-refractivity contribution is 7.80. The standard InChI is InChI=1S/C11H24N2S/c1-5-6-10(4)7-13(9(2)3)8-11(12)14/h9-10H,5-8H2,1-4H3,(H2,12,14). The molecular weight excluding hydrogens is 192 g/mol. The molecule has 0 radical (unpaired) electrons. The summed E-state index contributed by atoms with van der Waals surface area (Å²) < 4.78 is 0. The third kappa shape index (κ3) is 6.33. The van der Waals surface area contributed by atoms with Gasteiger partial charge in [0.05, 0.1) is 4.99 Å². The van der Waals surface area contributed by atoms with E-state index in [2.05, 4.69) is 32.6 Å². The quantitative estimate of drug-likeness (QED) is 0.663. The average Bonchev–Trinajstić information content (AvgIpc) is 2.02. The molecule has 0 heterocycles. The molecule has 0 saturated heterocycles. The first-order valence-corrected chi connectivity index (χ1v) is 5.90. The summed E-state index contributed by atoms with van der Waals surface area (Å²) in [4.78, 5) is 2.95. The van der Waals surface area contributed by atoms with Crippen LogP contribution in [-0.2, 0) is 0 Å². The van der Waals surface area contributed by atoms with Crippen molar-refractivity contribution in [2.75, 3.05) is 13.1 Å². The molecule has 0 aliphatic carbocycles. The molecule has 0 aromatic rings. The zero-order valence-corrected chi connectivity index (χ0v) is 10.7. The van der Waals surface area contributed by atoms with Gasteiger partial charge in [0.1, 0.15) is 0 Å². The minimum atomic E-state index is 0.524. The average molecular weight is 216 g/mol. The first kappa shape index (κ1) is 13.8. The van der Waals surface area contributed by atoms with Crippen molar-refractivity contribution in [1.82, 2.24) is 4.90 Å². The van der Waals surface area contributed by atoms with Crippen LogP contribution in [0.3, 0.4) is 0 Å². The van der Waals surface area contributed by atoms with Gasteiger partial charge in [0.25, 0.3) is 0 Å². The van der Waals surface area contributed by atoms with Crippen LogP contribution in [0.2, 0.25) is 0 Å². The van der Waals surface area contributed by atoms with E-state index in [0.717, 1.165) is 19.0 Å². The first-order valence-electron chi connectivity index (χ1n) is 5.49. The fourth-order valence-electron chi connectivity index (χ4n) is 1.64. The lowest BCUT2D eigenvalue weighted by Crippen LogP contribution is -2.40. The highest BCUT2D eigenvalue weighted by atomic mass is 32.1. The number of hydrogen-bond donors (Lipinski definition) is 1. The molecule has 2 nitrogen and oxygen atoms in total. The summed E-state index contributed by atoms with van der Waals surface area (Å²) in [6.07, 6.45) is 2.53. The van der Waals surface area contributed by atoms with Gasteiger partial charge in [-0.1, -0.05) is 32.5 Å². The molecule has 0 spiro atoms. The number of hydrogen-bond acceptors (Lipinski definition) is 2. The number of thiocarbonyl (C=S) groups is 1. The molecule has 0 rings (SSSR count). The first-order chi connectivity index (χ1) is 6.47. The van der Waals surface area contributed by atoms with Gasteiger partial charge in [0, 0.05) is 19.1 Å². The Morgan fingerprint density at radius 2 is 1.93 bits per heavy atom. The van der Waals surface area contributed by atoms with Crippen LogP contribution in [0, 0.1) is 5.92 Å². The van der Waals surface area contributed by atoms with Crippen molar-refractivity contribution in [1.29, 1.82) is 0 Å².